The highest BCUT2D eigenvalue weighted by Gasteiger charge is 2.28. The van der Waals surface area contributed by atoms with E-state index in [1.807, 2.05) is 35.8 Å². The molecule has 4 rings (SSSR count). The van der Waals surface area contributed by atoms with Gasteiger partial charge in [-0.25, -0.2) is 0 Å². The van der Waals surface area contributed by atoms with Crippen LogP contribution in [0.25, 0.3) is 5.00 Å². The Labute approximate surface area is 148 Å². The lowest BCUT2D eigenvalue weighted by Crippen LogP contribution is -2.14. The van der Waals surface area contributed by atoms with Crippen molar-refractivity contribution in [1.29, 1.82) is 0 Å². The molecule has 0 amide bonds. The van der Waals surface area contributed by atoms with Crippen LogP contribution in [0, 0.1) is 6.92 Å². The largest absolute Gasteiger partial charge is 0.303 e. The Balaban J connectivity index is 2.03. The molecule has 0 radical (unpaired) electrons. The van der Waals surface area contributed by atoms with Crippen LogP contribution in [0.2, 0.25) is 5.02 Å². The first-order valence-corrected chi connectivity index (χ1v) is 8.93. The highest BCUT2D eigenvalue weighted by molar-refractivity contribution is 7.15. The Hall–Kier alpha value is -2.02. The fraction of sp³-hybridized carbons (Fsp3) is 0.235. The zero-order chi connectivity index (χ0) is 16.8. The van der Waals surface area contributed by atoms with Gasteiger partial charge < -0.3 is 5.73 Å². The molecule has 1 atom stereocenters. The van der Waals surface area contributed by atoms with Crippen molar-refractivity contribution in [1.82, 2.24) is 14.8 Å². The number of rotatable bonds is 2. The summed E-state index contributed by atoms with van der Waals surface area (Å²) in [4.78, 5) is 6.02. The molecule has 3 aromatic rings. The maximum Gasteiger partial charge on any atom is 0.177 e. The van der Waals surface area contributed by atoms with Crippen LogP contribution in [-0.2, 0) is 6.42 Å². The second-order valence-electron chi connectivity index (χ2n) is 5.63. The number of aliphatic imine (C=N–C) groups is 1. The van der Waals surface area contributed by atoms with Crippen LogP contribution in [0.5, 0.6) is 0 Å². The molecule has 1 aliphatic heterocycles. The SMILES string of the molecule is CCc1cc2c(s1)-n1c(C)nnc1C(N)N=C2c1ccccc1Cl. The van der Waals surface area contributed by atoms with Crippen molar-refractivity contribution in [2.24, 2.45) is 10.7 Å². The molecule has 5 nitrogen and oxygen atoms in total. The summed E-state index contributed by atoms with van der Waals surface area (Å²) in [7, 11) is 0. The molecule has 1 aromatic carbocycles. The minimum atomic E-state index is -0.581. The van der Waals surface area contributed by atoms with Crippen molar-refractivity contribution in [3.8, 4) is 5.00 Å². The second-order valence-corrected chi connectivity index (χ2v) is 7.15. The van der Waals surface area contributed by atoms with Crippen LogP contribution in [0.4, 0.5) is 0 Å². The number of benzene rings is 1. The summed E-state index contributed by atoms with van der Waals surface area (Å²) in [5.74, 6) is 1.46. The number of thiophene rings is 1. The minimum Gasteiger partial charge on any atom is -0.303 e. The Morgan fingerprint density at radius 1 is 1.25 bits per heavy atom. The normalized spacial score (nSPS) is 16.3. The van der Waals surface area contributed by atoms with Gasteiger partial charge in [0.2, 0.25) is 0 Å². The molecule has 1 unspecified atom stereocenters. The summed E-state index contributed by atoms with van der Waals surface area (Å²) >= 11 is 8.15. The maximum absolute atomic E-state index is 6.43. The van der Waals surface area contributed by atoms with E-state index in [2.05, 4.69) is 23.2 Å². The molecule has 0 bridgehead atoms. The molecule has 122 valence electrons. The van der Waals surface area contributed by atoms with Crippen molar-refractivity contribution in [2.45, 2.75) is 26.4 Å². The Kier molecular flexibility index (Phi) is 3.75. The summed E-state index contributed by atoms with van der Waals surface area (Å²) in [6.07, 6.45) is 0.373. The number of hydrogen-bond donors (Lipinski definition) is 1. The first-order chi connectivity index (χ1) is 11.6. The Morgan fingerprint density at radius 3 is 2.79 bits per heavy atom. The van der Waals surface area contributed by atoms with Gasteiger partial charge in [-0.2, -0.15) is 0 Å². The van der Waals surface area contributed by atoms with Crippen molar-refractivity contribution < 1.29 is 0 Å². The van der Waals surface area contributed by atoms with E-state index in [0.29, 0.717) is 10.8 Å². The predicted octanol–water partition coefficient (Wildman–Crippen LogP) is 3.66. The van der Waals surface area contributed by atoms with E-state index >= 15 is 0 Å². The van der Waals surface area contributed by atoms with E-state index in [1.165, 1.54) is 4.88 Å². The van der Waals surface area contributed by atoms with Crippen LogP contribution in [0.3, 0.4) is 0 Å². The number of nitrogens with zero attached hydrogens (tertiary/aromatic N) is 4. The number of fused-ring (bicyclic) bond motifs is 3. The van der Waals surface area contributed by atoms with Crippen LogP contribution in [0.1, 0.15) is 40.7 Å². The number of aromatic nitrogens is 3. The molecule has 1 aliphatic rings. The highest BCUT2D eigenvalue weighted by atomic mass is 35.5. The fourth-order valence-corrected chi connectivity index (χ4v) is 4.27. The molecule has 24 heavy (non-hydrogen) atoms. The lowest BCUT2D eigenvalue weighted by atomic mass is 10.0. The topological polar surface area (TPSA) is 69.1 Å². The van der Waals surface area contributed by atoms with Gasteiger partial charge in [-0.05, 0) is 25.5 Å². The number of hydrogen-bond acceptors (Lipinski definition) is 5. The van der Waals surface area contributed by atoms with E-state index in [0.717, 1.165) is 34.1 Å². The van der Waals surface area contributed by atoms with Crippen LogP contribution >= 0.6 is 22.9 Å². The van der Waals surface area contributed by atoms with E-state index in [9.17, 15) is 0 Å². The van der Waals surface area contributed by atoms with Gasteiger partial charge in [0.25, 0.3) is 0 Å². The molecular weight excluding hydrogens is 342 g/mol. The minimum absolute atomic E-state index is 0.581. The third kappa shape index (κ3) is 2.30. The van der Waals surface area contributed by atoms with Gasteiger partial charge in [-0.3, -0.25) is 9.56 Å². The van der Waals surface area contributed by atoms with Crippen LogP contribution in [-0.4, -0.2) is 20.5 Å². The molecule has 2 N–H and O–H groups in total. The zero-order valence-electron chi connectivity index (χ0n) is 13.3. The smallest absolute Gasteiger partial charge is 0.177 e. The van der Waals surface area contributed by atoms with Crippen molar-refractivity contribution in [3.05, 3.63) is 63.0 Å². The summed E-state index contributed by atoms with van der Waals surface area (Å²) < 4.78 is 2.01. The quantitative estimate of drug-likeness (QED) is 0.760. The van der Waals surface area contributed by atoms with E-state index in [4.69, 9.17) is 22.3 Å². The molecule has 0 saturated heterocycles. The summed E-state index contributed by atoms with van der Waals surface area (Å²) in [5, 5.41) is 10.1. The molecule has 2 aromatic heterocycles. The monoisotopic (exact) mass is 357 g/mol. The first-order valence-electron chi connectivity index (χ1n) is 7.73. The van der Waals surface area contributed by atoms with Crippen LogP contribution in [0.15, 0.2) is 35.3 Å². The van der Waals surface area contributed by atoms with Gasteiger partial charge in [0.1, 0.15) is 10.8 Å². The Morgan fingerprint density at radius 2 is 2.04 bits per heavy atom. The van der Waals surface area contributed by atoms with Gasteiger partial charge >= 0.3 is 0 Å². The van der Waals surface area contributed by atoms with Gasteiger partial charge in [0.05, 0.1) is 5.71 Å². The van der Waals surface area contributed by atoms with Crippen molar-refractivity contribution in [2.75, 3.05) is 0 Å². The molecule has 0 aliphatic carbocycles. The first kappa shape index (κ1) is 15.5. The highest BCUT2D eigenvalue weighted by Crippen LogP contribution is 2.36. The molecular formula is C17H16ClN5S. The number of aryl methyl sites for hydroxylation is 2. The number of halogens is 1. The molecule has 0 spiro atoms. The lowest BCUT2D eigenvalue weighted by molar-refractivity contribution is 0.693. The summed E-state index contributed by atoms with van der Waals surface area (Å²) in [5.41, 5.74) is 9.02. The standard InChI is InChI=1S/C17H16ClN5S/c1-3-10-8-12-14(11-6-4-5-7-13(11)18)20-15(19)16-22-21-9(2)23(16)17(12)24-10/h4-8,15H,3,19H2,1-2H3. The number of nitrogens with two attached hydrogens (primary N) is 1. The average molecular weight is 358 g/mol. The summed E-state index contributed by atoms with van der Waals surface area (Å²) in [6.45, 7) is 4.07. The molecule has 0 saturated carbocycles. The van der Waals surface area contributed by atoms with Gasteiger partial charge in [0, 0.05) is 21.0 Å². The van der Waals surface area contributed by atoms with Gasteiger partial charge in [0.15, 0.2) is 12.0 Å². The lowest BCUT2D eigenvalue weighted by Gasteiger charge is -2.08. The fourth-order valence-electron chi connectivity index (χ4n) is 2.90. The Bertz CT molecular complexity index is 956. The van der Waals surface area contributed by atoms with Crippen molar-refractivity contribution in [3.63, 3.8) is 0 Å². The van der Waals surface area contributed by atoms with E-state index < -0.39 is 6.17 Å². The second kappa shape index (κ2) is 5.81. The van der Waals surface area contributed by atoms with E-state index in [1.54, 1.807) is 11.3 Å². The third-order valence-electron chi connectivity index (χ3n) is 4.08. The zero-order valence-corrected chi connectivity index (χ0v) is 14.9. The van der Waals surface area contributed by atoms with E-state index in [-0.39, 0.29) is 0 Å². The molecule has 7 heteroatoms. The van der Waals surface area contributed by atoms with Crippen molar-refractivity contribution >= 4 is 28.6 Å². The average Bonchev–Trinajstić information content (AvgIpc) is 3.13. The molecule has 3 heterocycles. The predicted molar refractivity (Wildman–Crippen MR) is 97.4 cm³/mol. The van der Waals surface area contributed by atoms with Gasteiger partial charge in [-0.15, -0.1) is 21.5 Å². The summed E-state index contributed by atoms with van der Waals surface area (Å²) in [6, 6.07) is 9.88. The third-order valence-corrected chi connectivity index (χ3v) is 5.68. The van der Waals surface area contributed by atoms with Gasteiger partial charge in [-0.1, -0.05) is 36.7 Å². The maximum atomic E-state index is 6.43. The molecule has 0 fully saturated rings. The van der Waals surface area contributed by atoms with Crippen LogP contribution < -0.4 is 5.73 Å².